The van der Waals surface area contributed by atoms with Gasteiger partial charge in [0.05, 0.1) is 68.0 Å². The number of fused-ring (bicyclic) bond motifs is 2. The zero-order valence-corrected chi connectivity index (χ0v) is 50.4. The van der Waals surface area contributed by atoms with Gasteiger partial charge in [-0.15, -0.1) is 11.3 Å². The number of ether oxygens (including phenoxy) is 4. The number of thiazole rings is 1. The summed E-state index contributed by atoms with van der Waals surface area (Å²) in [6.07, 6.45) is 11.2. The Balaban J connectivity index is 0.688. The van der Waals surface area contributed by atoms with Gasteiger partial charge < -0.3 is 59.6 Å². The maximum atomic E-state index is 16.6. The number of carbonyl (C=O) groups excluding carboxylic acids is 4. The predicted molar refractivity (Wildman–Crippen MR) is 326 cm³/mol. The fourth-order valence-electron chi connectivity index (χ4n) is 11.3. The highest BCUT2D eigenvalue weighted by atomic mass is 35.5. The van der Waals surface area contributed by atoms with Crippen LogP contribution in [0.3, 0.4) is 0 Å². The quantitative estimate of drug-likeness (QED) is 0.0380. The number of aliphatic hydroxyl groups excluding tert-OH is 1. The van der Waals surface area contributed by atoms with Crippen LogP contribution in [0.15, 0.2) is 77.7 Å². The van der Waals surface area contributed by atoms with Crippen LogP contribution in [0.1, 0.15) is 88.2 Å². The number of aromatic nitrogens is 3. The van der Waals surface area contributed by atoms with Gasteiger partial charge in [0, 0.05) is 93.5 Å². The van der Waals surface area contributed by atoms with Gasteiger partial charge in [0.25, 0.3) is 0 Å². The van der Waals surface area contributed by atoms with Crippen molar-refractivity contribution in [3.05, 3.63) is 99.1 Å². The maximum Gasteiger partial charge on any atom is 0.246 e. The minimum Gasteiger partial charge on any atom is -0.508 e. The van der Waals surface area contributed by atoms with Crippen molar-refractivity contribution in [2.75, 3.05) is 116 Å². The summed E-state index contributed by atoms with van der Waals surface area (Å²) in [4.78, 5) is 74.1. The van der Waals surface area contributed by atoms with Gasteiger partial charge in [0.1, 0.15) is 46.3 Å². The Kier molecular flexibility index (Phi) is 22.1. The lowest BCUT2D eigenvalue weighted by atomic mass is 9.83. The molecule has 2 aliphatic carbocycles. The Morgan fingerprint density at radius 3 is 2.32 bits per heavy atom. The molecule has 5 aromatic rings. The third kappa shape index (κ3) is 15.4. The lowest BCUT2D eigenvalue weighted by Gasteiger charge is -2.35. The van der Waals surface area contributed by atoms with Gasteiger partial charge in [-0.3, -0.25) is 19.2 Å². The fraction of sp³-hybridized carbons (Fsp3) is 0.500. The van der Waals surface area contributed by atoms with Crippen molar-refractivity contribution in [3.8, 4) is 17.0 Å². The molecule has 85 heavy (non-hydrogen) atoms. The first-order valence-corrected chi connectivity index (χ1v) is 30.7. The smallest absolute Gasteiger partial charge is 0.246 e. The van der Waals surface area contributed by atoms with Crippen LogP contribution in [0.25, 0.3) is 38.5 Å². The summed E-state index contributed by atoms with van der Waals surface area (Å²) >= 11 is 8.21. The van der Waals surface area contributed by atoms with Crippen molar-refractivity contribution < 1.29 is 52.0 Å². The Hall–Kier alpha value is -6.82. The van der Waals surface area contributed by atoms with E-state index in [2.05, 4.69) is 32.4 Å². The number of amides is 4. The van der Waals surface area contributed by atoms with Crippen LogP contribution in [0.2, 0.25) is 5.02 Å². The summed E-state index contributed by atoms with van der Waals surface area (Å²) in [5.41, 5.74) is 0.936. The molecule has 3 aromatic carbocycles. The molecule has 2 saturated heterocycles. The highest BCUT2D eigenvalue weighted by Gasteiger charge is 2.40. The molecule has 4 N–H and O–H groups in total. The van der Waals surface area contributed by atoms with E-state index in [0.29, 0.717) is 84.7 Å². The third-order valence-corrected chi connectivity index (χ3v) is 17.5. The second-order valence-electron chi connectivity index (χ2n) is 21.7. The average Bonchev–Trinajstić information content (AvgIpc) is 3.04. The molecule has 0 bridgehead atoms. The SMILES string of the molecule is CN[C@@H](C)C(=O)NC(C(=O)N1CCC[C@H]1c1nc(-c2ccc(OCCOCCOCCOCCN(C)C(=O)CCNc3nc(N4CCN(C(C)=O)CC4)c4cc(Cl)c(C5=C(F)C=CCC=C5O)c(F)c4n3)c3ccccc23)cs1)C1CCCCC1. The average molecular weight is 1210 g/mol. The van der Waals surface area contributed by atoms with Crippen molar-refractivity contribution in [3.63, 3.8) is 0 Å². The van der Waals surface area contributed by atoms with E-state index in [4.69, 9.17) is 40.5 Å². The zero-order chi connectivity index (χ0) is 60.0. The molecule has 1 saturated carbocycles. The molecule has 1 unspecified atom stereocenters. The largest absolute Gasteiger partial charge is 0.508 e. The van der Waals surface area contributed by atoms with E-state index in [0.717, 1.165) is 83.8 Å². The second-order valence-corrected chi connectivity index (χ2v) is 23.0. The number of nitrogens with zero attached hydrogens (tertiary/aromatic N) is 7. The minimum atomic E-state index is -0.946. The summed E-state index contributed by atoms with van der Waals surface area (Å²) in [5, 5.41) is 25.0. The summed E-state index contributed by atoms with van der Waals surface area (Å²) < 4.78 is 55.4. The second kappa shape index (κ2) is 30.0. The Morgan fingerprint density at radius 1 is 0.871 bits per heavy atom. The van der Waals surface area contributed by atoms with Crippen LogP contribution in [0, 0.1) is 11.7 Å². The Morgan fingerprint density at radius 2 is 1.59 bits per heavy atom. The van der Waals surface area contributed by atoms with Crippen molar-refractivity contribution >= 4 is 85.6 Å². The third-order valence-electron chi connectivity index (χ3n) is 16.2. The molecule has 3 fully saturated rings. The molecule has 3 atom stereocenters. The van der Waals surface area contributed by atoms with Gasteiger partial charge in [-0.2, -0.15) is 4.98 Å². The van der Waals surface area contributed by atoms with E-state index in [1.165, 1.54) is 25.1 Å². The van der Waals surface area contributed by atoms with E-state index < -0.39 is 29.5 Å². The van der Waals surface area contributed by atoms with E-state index in [1.54, 1.807) is 35.2 Å². The molecule has 0 radical (unpaired) electrons. The highest BCUT2D eigenvalue weighted by molar-refractivity contribution is 7.10. The molecule has 19 nitrogen and oxygen atoms in total. The van der Waals surface area contributed by atoms with E-state index >= 15 is 8.78 Å². The number of hydrogen-bond donors (Lipinski definition) is 4. The lowest BCUT2D eigenvalue weighted by Crippen LogP contribution is -2.55. The van der Waals surface area contributed by atoms with Crippen LogP contribution in [0.4, 0.5) is 20.5 Å². The number of benzene rings is 3. The van der Waals surface area contributed by atoms with Gasteiger partial charge in [-0.25, -0.2) is 18.7 Å². The Labute approximate surface area is 503 Å². The molecule has 2 aromatic heterocycles. The van der Waals surface area contributed by atoms with Crippen LogP contribution in [-0.4, -0.2) is 177 Å². The number of carbonyl (C=O) groups is 4. The van der Waals surface area contributed by atoms with Crippen molar-refractivity contribution in [2.45, 2.75) is 89.8 Å². The van der Waals surface area contributed by atoms with Gasteiger partial charge in [-0.05, 0) is 87.7 Å². The van der Waals surface area contributed by atoms with Gasteiger partial charge in [0.15, 0.2) is 5.82 Å². The summed E-state index contributed by atoms with van der Waals surface area (Å²) in [5.74, 6) is -1.42. The molecule has 456 valence electrons. The molecule has 2 aliphatic heterocycles. The number of nitrogens with one attached hydrogen (secondary N) is 3. The number of aliphatic hydroxyl groups is 1. The van der Waals surface area contributed by atoms with Crippen molar-refractivity contribution in [1.29, 1.82) is 0 Å². The number of likely N-dealkylation sites (tertiary alicyclic amines) is 1. The van der Waals surface area contributed by atoms with Gasteiger partial charge in [0.2, 0.25) is 29.6 Å². The molecule has 23 heteroatoms. The summed E-state index contributed by atoms with van der Waals surface area (Å²) in [7, 11) is 3.42. The topological polar surface area (TPSA) is 213 Å². The fourth-order valence-corrected chi connectivity index (χ4v) is 12.6. The maximum absolute atomic E-state index is 16.6. The molecule has 4 amide bonds. The van der Waals surface area contributed by atoms with Gasteiger partial charge in [-0.1, -0.05) is 61.2 Å². The van der Waals surface area contributed by atoms with Crippen molar-refractivity contribution in [1.82, 2.24) is 40.3 Å². The van der Waals surface area contributed by atoms with Crippen LogP contribution in [0.5, 0.6) is 5.75 Å². The lowest BCUT2D eigenvalue weighted by molar-refractivity contribution is -0.139. The number of piperazine rings is 1. The van der Waals surface area contributed by atoms with Crippen LogP contribution >= 0.6 is 22.9 Å². The number of hydrogen-bond acceptors (Lipinski definition) is 16. The molecule has 4 heterocycles. The van der Waals surface area contributed by atoms with Gasteiger partial charge >= 0.3 is 0 Å². The monoisotopic (exact) mass is 1210 g/mol. The zero-order valence-electron chi connectivity index (χ0n) is 48.8. The summed E-state index contributed by atoms with van der Waals surface area (Å²) in [6, 6.07) is 12.4. The molecular formula is C62H77ClF2N10O9S. The minimum absolute atomic E-state index is 0.00449. The molecular weight excluding hydrogens is 1130 g/mol. The van der Waals surface area contributed by atoms with Crippen LogP contribution < -0.4 is 25.6 Å². The number of allylic oxidation sites excluding steroid dienone is 5. The number of halogens is 3. The van der Waals surface area contributed by atoms with Crippen LogP contribution in [-0.2, 0) is 33.4 Å². The van der Waals surface area contributed by atoms with E-state index in [-0.39, 0.29) is 94.6 Å². The molecule has 0 spiro atoms. The standard InChI is InChI=1S/C62H77ClF2N10O9S/c1-39(66-3)59(79)69-56(41-13-6-5-7-14-41)61(80)75-24-12-18-49(75)60-68-48(38-85-60)43-20-21-51(44-16-9-8-15-42(43)44)84-36-35-83-34-33-82-32-31-81-30-29-72(4)52(78)22-23-67-62-70-57-45(58(71-62)74-27-25-73(26-28-74)40(2)76)37-46(63)53(55(57)65)54-47(64)17-10-11-19-50(54)77/h8-10,15-17,19-21,37-39,41,49,56,66,77H,5-7,11-14,18,22-36H2,1-4H3,(H,69,79)(H,67,70,71)/t39-,49-,56?/m0/s1. The Bertz CT molecular complexity index is 3280. The number of anilines is 2. The predicted octanol–water partition coefficient (Wildman–Crippen LogP) is 9.18. The highest BCUT2D eigenvalue weighted by Crippen LogP contribution is 2.43. The number of likely N-dealkylation sites (N-methyl/N-ethyl adjacent to an activating group) is 2. The first kappa shape index (κ1) is 62.7. The first-order chi connectivity index (χ1) is 41.2. The van der Waals surface area contributed by atoms with E-state index in [1.807, 2.05) is 47.1 Å². The molecule has 4 aliphatic rings. The van der Waals surface area contributed by atoms with E-state index in [9.17, 15) is 24.3 Å². The summed E-state index contributed by atoms with van der Waals surface area (Å²) in [6.45, 7) is 8.37. The first-order valence-electron chi connectivity index (χ1n) is 29.5. The van der Waals surface area contributed by atoms with Crippen molar-refractivity contribution in [2.24, 2.45) is 5.92 Å². The molecule has 9 rings (SSSR count). The number of rotatable bonds is 26. The normalized spacial score (nSPS) is 17.5.